The molecule has 0 aliphatic heterocycles. The Labute approximate surface area is 149 Å². The fourth-order valence-corrected chi connectivity index (χ4v) is 3.16. The van der Waals surface area contributed by atoms with Crippen LogP contribution in [-0.4, -0.2) is 5.91 Å². The van der Waals surface area contributed by atoms with Gasteiger partial charge in [-0.15, -0.1) is 0 Å². The number of amides is 1. The number of thiophene rings is 1. The molecule has 122 valence electrons. The third kappa shape index (κ3) is 4.16. The molecule has 1 atom stereocenters. The lowest BCUT2D eigenvalue weighted by Crippen LogP contribution is -2.27. The molecule has 0 bridgehead atoms. The molecule has 2 heterocycles. The molecule has 0 saturated heterocycles. The molecule has 0 aliphatic rings. The lowest BCUT2D eigenvalue weighted by molar-refractivity contribution is -0.116. The molecule has 1 aromatic carbocycles. The molecule has 0 radical (unpaired) electrons. The summed E-state index contributed by atoms with van der Waals surface area (Å²) in [5.74, 6) is 1.28. The summed E-state index contributed by atoms with van der Waals surface area (Å²) in [6, 6.07) is 13.0. The molecule has 3 aromatic rings. The van der Waals surface area contributed by atoms with Gasteiger partial charge < -0.3 is 9.73 Å². The maximum Gasteiger partial charge on any atom is 0.244 e. The molecule has 2 aromatic heterocycles. The fourth-order valence-electron chi connectivity index (χ4n) is 2.34. The summed E-state index contributed by atoms with van der Waals surface area (Å²) in [5, 5.41) is 7.72. The number of nitrogens with one attached hydrogen (secondary N) is 1. The average molecular weight is 358 g/mol. The molecule has 3 nitrogen and oxygen atoms in total. The molecule has 24 heavy (non-hydrogen) atoms. The second-order valence-electron chi connectivity index (χ2n) is 5.33. The van der Waals surface area contributed by atoms with Gasteiger partial charge in [0.1, 0.15) is 11.5 Å². The molecular weight excluding hydrogens is 342 g/mol. The quantitative estimate of drug-likeness (QED) is 0.636. The molecule has 0 saturated carbocycles. The van der Waals surface area contributed by atoms with Gasteiger partial charge in [0.05, 0.1) is 6.04 Å². The molecule has 1 amide bonds. The van der Waals surface area contributed by atoms with Crippen molar-refractivity contribution in [1.29, 1.82) is 0 Å². The van der Waals surface area contributed by atoms with Crippen molar-refractivity contribution in [2.45, 2.75) is 13.0 Å². The monoisotopic (exact) mass is 357 g/mol. The van der Waals surface area contributed by atoms with Crippen LogP contribution in [-0.2, 0) is 4.79 Å². The van der Waals surface area contributed by atoms with E-state index in [1.165, 1.54) is 6.08 Å². The van der Waals surface area contributed by atoms with Crippen LogP contribution in [0.2, 0.25) is 5.02 Å². The molecule has 5 heteroatoms. The first-order chi connectivity index (χ1) is 11.6. The summed E-state index contributed by atoms with van der Waals surface area (Å²) in [4.78, 5) is 12.3. The lowest BCUT2D eigenvalue weighted by atomic mass is 10.0. The zero-order valence-corrected chi connectivity index (χ0v) is 14.6. The van der Waals surface area contributed by atoms with Crippen LogP contribution in [0.25, 0.3) is 6.08 Å². The van der Waals surface area contributed by atoms with Crippen molar-refractivity contribution in [1.82, 2.24) is 5.32 Å². The van der Waals surface area contributed by atoms with Crippen molar-refractivity contribution in [3.63, 3.8) is 0 Å². The second-order valence-corrected chi connectivity index (χ2v) is 6.55. The van der Waals surface area contributed by atoms with Crippen LogP contribution in [0.4, 0.5) is 0 Å². The Morgan fingerprint density at radius 1 is 1.17 bits per heavy atom. The SMILES string of the molecule is Cc1ccc(/C=C/C(=O)NC(c2ccc(Cl)cc2)c2ccsc2)o1. The van der Waals surface area contributed by atoms with Gasteiger partial charge in [0.25, 0.3) is 0 Å². The largest absolute Gasteiger partial charge is 0.462 e. The third-order valence-corrected chi connectivity index (χ3v) is 4.48. The first kappa shape index (κ1) is 16.6. The number of rotatable bonds is 5. The van der Waals surface area contributed by atoms with Crippen LogP contribution in [0.5, 0.6) is 0 Å². The Balaban J connectivity index is 1.78. The van der Waals surface area contributed by atoms with E-state index in [4.69, 9.17) is 16.0 Å². The van der Waals surface area contributed by atoms with Gasteiger partial charge in [0.15, 0.2) is 0 Å². The van der Waals surface area contributed by atoms with Gasteiger partial charge >= 0.3 is 0 Å². The van der Waals surface area contributed by atoms with E-state index in [1.807, 2.05) is 60.1 Å². The van der Waals surface area contributed by atoms with Gasteiger partial charge in [-0.3, -0.25) is 4.79 Å². The number of carbonyl (C=O) groups excluding carboxylic acids is 1. The van der Waals surface area contributed by atoms with E-state index in [2.05, 4.69) is 5.32 Å². The minimum atomic E-state index is -0.219. The molecule has 0 aliphatic carbocycles. The zero-order valence-electron chi connectivity index (χ0n) is 13.0. The van der Waals surface area contributed by atoms with Crippen LogP contribution >= 0.6 is 22.9 Å². The van der Waals surface area contributed by atoms with Crippen molar-refractivity contribution in [2.24, 2.45) is 0 Å². The number of hydrogen-bond donors (Lipinski definition) is 1. The molecule has 1 unspecified atom stereocenters. The maximum absolute atomic E-state index is 12.3. The van der Waals surface area contributed by atoms with E-state index < -0.39 is 0 Å². The van der Waals surface area contributed by atoms with E-state index in [-0.39, 0.29) is 11.9 Å². The Hall–Kier alpha value is -2.30. The third-order valence-electron chi connectivity index (χ3n) is 3.53. The summed E-state index contributed by atoms with van der Waals surface area (Å²) < 4.78 is 5.43. The Bertz CT molecular complexity index is 835. The summed E-state index contributed by atoms with van der Waals surface area (Å²) in [5.41, 5.74) is 2.02. The highest BCUT2D eigenvalue weighted by molar-refractivity contribution is 7.08. The summed E-state index contributed by atoms with van der Waals surface area (Å²) in [7, 11) is 0. The number of hydrogen-bond acceptors (Lipinski definition) is 3. The molecule has 0 spiro atoms. The van der Waals surface area contributed by atoms with Crippen LogP contribution < -0.4 is 5.32 Å². The van der Waals surface area contributed by atoms with Crippen LogP contribution in [0.3, 0.4) is 0 Å². The predicted octanol–water partition coefficient (Wildman–Crippen LogP) is 5.22. The van der Waals surface area contributed by atoms with E-state index >= 15 is 0 Å². The zero-order chi connectivity index (χ0) is 16.9. The van der Waals surface area contributed by atoms with Crippen LogP contribution in [0.1, 0.15) is 28.7 Å². The minimum Gasteiger partial charge on any atom is -0.462 e. The van der Waals surface area contributed by atoms with E-state index in [0.29, 0.717) is 10.8 Å². The number of carbonyl (C=O) groups is 1. The van der Waals surface area contributed by atoms with Crippen molar-refractivity contribution in [3.8, 4) is 0 Å². The van der Waals surface area contributed by atoms with Crippen LogP contribution in [0, 0.1) is 6.92 Å². The first-order valence-corrected chi connectivity index (χ1v) is 8.76. The van der Waals surface area contributed by atoms with Crippen molar-refractivity contribution < 1.29 is 9.21 Å². The number of halogens is 1. The van der Waals surface area contributed by atoms with E-state index in [1.54, 1.807) is 17.4 Å². The first-order valence-electron chi connectivity index (χ1n) is 7.44. The predicted molar refractivity (Wildman–Crippen MR) is 98.2 cm³/mol. The van der Waals surface area contributed by atoms with Crippen molar-refractivity contribution >= 4 is 34.9 Å². The van der Waals surface area contributed by atoms with E-state index in [0.717, 1.165) is 16.9 Å². The van der Waals surface area contributed by atoms with Gasteiger partial charge in [0, 0.05) is 11.1 Å². The Morgan fingerprint density at radius 3 is 2.58 bits per heavy atom. The summed E-state index contributed by atoms with van der Waals surface area (Å²) in [6.45, 7) is 1.87. The highest BCUT2D eigenvalue weighted by atomic mass is 35.5. The fraction of sp³-hybridized carbons (Fsp3) is 0.105. The Morgan fingerprint density at radius 2 is 1.96 bits per heavy atom. The average Bonchev–Trinajstić information content (AvgIpc) is 3.23. The number of furan rings is 1. The standard InChI is InChI=1S/C19H16ClNO2S/c1-13-2-7-17(23-13)8-9-18(22)21-19(15-10-11-24-12-15)14-3-5-16(20)6-4-14/h2-12,19H,1H3,(H,21,22)/b9-8+. The topological polar surface area (TPSA) is 42.2 Å². The molecule has 0 fully saturated rings. The smallest absolute Gasteiger partial charge is 0.244 e. The van der Waals surface area contributed by atoms with Gasteiger partial charge in [-0.25, -0.2) is 0 Å². The summed E-state index contributed by atoms with van der Waals surface area (Å²) in [6.07, 6.45) is 3.14. The van der Waals surface area contributed by atoms with E-state index in [9.17, 15) is 4.79 Å². The number of benzene rings is 1. The van der Waals surface area contributed by atoms with Gasteiger partial charge in [0.2, 0.25) is 5.91 Å². The maximum atomic E-state index is 12.3. The highest BCUT2D eigenvalue weighted by Gasteiger charge is 2.16. The van der Waals surface area contributed by atoms with Crippen molar-refractivity contribution in [3.05, 3.63) is 87.0 Å². The highest BCUT2D eigenvalue weighted by Crippen LogP contribution is 2.25. The molecule has 1 N–H and O–H groups in total. The number of aryl methyl sites for hydroxylation is 1. The minimum absolute atomic E-state index is 0.185. The van der Waals surface area contributed by atoms with Gasteiger partial charge in [-0.2, -0.15) is 11.3 Å². The van der Waals surface area contributed by atoms with Gasteiger partial charge in [-0.05, 0) is 65.2 Å². The molecule has 3 rings (SSSR count). The normalized spacial score (nSPS) is 12.4. The van der Waals surface area contributed by atoms with Gasteiger partial charge in [-0.1, -0.05) is 23.7 Å². The lowest BCUT2D eigenvalue weighted by Gasteiger charge is -2.17. The van der Waals surface area contributed by atoms with Crippen molar-refractivity contribution in [2.75, 3.05) is 0 Å². The Kier molecular flexibility index (Phi) is 5.18. The van der Waals surface area contributed by atoms with Crippen LogP contribution in [0.15, 0.2) is 63.7 Å². The second kappa shape index (κ2) is 7.51. The summed E-state index contributed by atoms with van der Waals surface area (Å²) >= 11 is 7.56. The molecular formula is C19H16ClNO2S.